The summed E-state index contributed by atoms with van der Waals surface area (Å²) in [7, 11) is 0. The van der Waals surface area contributed by atoms with Crippen LogP contribution in [0.25, 0.3) is 0 Å². The van der Waals surface area contributed by atoms with Crippen LogP contribution in [-0.2, 0) is 0 Å². The van der Waals surface area contributed by atoms with E-state index in [1.54, 1.807) is 6.08 Å². The van der Waals surface area contributed by atoms with Crippen molar-refractivity contribution in [2.45, 2.75) is 12.3 Å². The number of rotatable bonds is 6. The van der Waals surface area contributed by atoms with Gasteiger partial charge in [-0.1, -0.05) is 64.5 Å². The maximum Gasteiger partial charge on any atom is 0.166 e. The third-order valence-corrected chi connectivity index (χ3v) is 3.92. The molecule has 2 rings (SSSR count). The normalized spacial score (nSPS) is 11.7. The van der Waals surface area contributed by atoms with E-state index in [2.05, 4.69) is 29.1 Å². The lowest BCUT2D eigenvalue weighted by Gasteiger charge is -2.17. The number of ketones is 1. The minimum atomic E-state index is 0.00284. The van der Waals surface area contributed by atoms with E-state index < -0.39 is 0 Å². The molecule has 21 heavy (non-hydrogen) atoms. The molecule has 106 valence electrons. The highest BCUT2D eigenvalue weighted by Crippen LogP contribution is 2.30. The lowest BCUT2D eigenvalue weighted by Crippen LogP contribution is -2.07. The van der Waals surface area contributed by atoms with Crippen molar-refractivity contribution in [3.05, 3.63) is 95.0 Å². The van der Waals surface area contributed by atoms with Crippen LogP contribution in [0.15, 0.2) is 78.3 Å². The number of allylic oxidation sites excluding steroid dienone is 2. The molecule has 2 aromatic rings. The van der Waals surface area contributed by atoms with Gasteiger partial charge in [-0.3, -0.25) is 4.79 Å². The van der Waals surface area contributed by atoms with Crippen LogP contribution in [0, 0.1) is 0 Å². The van der Waals surface area contributed by atoms with E-state index in [1.807, 2.05) is 54.6 Å². The topological polar surface area (TPSA) is 17.1 Å². The van der Waals surface area contributed by atoms with Gasteiger partial charge in [0, 0.05) is 22.4 Å². The highest BCUT2D eigenvalue weighted by molar-refractivity contribution is 9.10. The van der Waals surface area contributed by atoms with Gasteiger partial charge in [0.1, 0.15) is 0 Å². The van der Waals surface area contributed by atoms with Crippen molar-refractivity contribution in [2.75, 3.05) is 0 Å². The van der Waals surface area contributed by atoms with Crippen LogP contribution in [0.4, 0.5) is 0 Å². The second-order valence-electron chi connectivity index (χ2n) is 4.77. The van der Waals surface area contributed by atoms with Crippen LogP contribution in [0.5, 0.6) is 0 Å². The van der Waals surface area contributed by atoms with Crippen molar-refractivity contribution in [3.8, 4) is 0 Å². The highest BCUT2D eigenvalue weighted by atomic mass is 79.9. The molecule has 0 saturated carbocycles. The molecule has 0 N–H and O–H groups in total. The highest BCUT2D eigenvalue weighted by Gasteiger charge is 2.17. The standard InChI is InChI=1S/C19H17BrO/c1-3-7-19(21)18-9-6-5-8-17(18)16(4-2)14-10-12-15(20)13-11-14/h3-6,8-13,16H,1-2,7H2. The Bertz CT molecular complexity index is 656. The van der Waals surface area contributed by atoms with Crippen molar-refractivity contribution in [1.82, 2.24) is 0 Å². The number of carbonyl (C=O) groups excluding carboxylic acids is 1. The van der Waals surface area contributed by atoms with Gasteiger partial charge in [0.25, 0.3) is 0 Å². The molecule has 0 heterocycles. The van der Waals surface area contributed by atoms with Crippen LogP contribution >= 0.6 is 15.9 Å². The average Bonchev–Trinajstić information content (AvgIpc) is 2.50. The zero-order valence-corrected chi connectivity index (χ0v) is 13.3. The first-order chi connectivity index (χ1) is 10.2. The molecule has 1 atom stereocenters. The van der Waals surface area contributed by atoms with Crippen molar-refractivity contribution >= 4 is 21.7 Å². The van der Waals surface area contributed by atoms with E-state index in [9.17, 15) is 4.79 Å². The minimum Gasteiger partial charge on any atom is -0.294 e. The molecule has 0 amide bonds. The molecule has 0 aliphatic carbocycles. The Labute approximate surface area is 134 Å². The van der Waals surface area contributed by atoms with Gasteiger partial charge in [0.2, 0.25) is 0 Å². The van der Waals surface area contributed by atoms with Crippen LogP contribution in [0.2, 0.25) is 0 Å². The molecule has 2 aromatic carbocycles. The van der Waals surface area contributed by atoms with Crippen LogP contribution < -0.4 is 0 Å². The molecule has 0 aromatic heterocycles. The van der Waals surface area contributed by atoms with E-state index in [-0.39, 0.29) is 11.7 Å². The Morgan fingerprint density at radius 1 is 1.10 bits per heavy atom. The number of hydrogen-bond acceptors (Lipinski definition) is 1. The van der Waals surface area contributed by atoms with Crippen LogP contribution in [-0.4, -0.2) is 5.78 Å². The summed E-state index contributed by atoms with van der Waals surface area (Å²) in [5.74, 6) is 0.0904. The summed E-state index contributed by atoms with van der Waals surface area (Å²) in [6.45, 7) is 7.58. The van der Waals surface area contributed by atoms with Crippen molar-refractivity contribution in [2.24, 2.45) is 0 Å². The largest absolute Gasteiger partial charge is 0.294 e. The fraction of sp³-hybridized carbons (Fsp3) is 0.105. The molecular weight excluding hydrogens is 324 g/mol. The molecule has 0 radical (unpaired) electrons. The zero-order valence-electron chi connectivity index (χ0n) is 11.8. The molecule has 2 heteroatoms. The number of halogens is 1. The zero-order chi connectivity index (χ0) is 15.2. The minimum absolute atomic E-state index is 0.00284. The Hall–Kier alpha value is -1.93. The predicted octanol–water partition coefficient (Wildman–Crippen LogP) is 5.53. The molecule has 0 aliphatic rings. The van der Waals surface area contributed by atoms with Crippen molar-refractivity contribution < 1.29 is 4.79 Å². The molecule has 0 spiro atoms. The van der Waals surface area contributed by atoms with Crippen LogP contribution in [0.1, 0.15) is 33.8 Å². The van der Waals surface area contributed by atoms with E-state index in [4.69, 9.17) is 0 Å². The maximum atomic E-state index is 12.3. The molecular formula is C19H17BrO. The smallest absolute Gasteiger partial charge is 0.166 e. The monoisotopic (exact) mass is 340 g/mol. The van der Waals surface area contributed by atoms with E-state index in [0.717, 1.165) is 21.2 Å². The summed E-state index contributed by atoms with van der Waals surface area (Å²) >= 11 is 3.44. The van der Waals surface area contributed by atoms with Gasteiger partial charge >= 0.3 is 0 Å². The lowest BCUT2D eigenvalue weighted by molar-refractivity contribution is 0.0995. The van der Waals surface area contributed by atoms with Gasteiger partial charge in [0.15, 0.2) is 5.78 Å². The van der Waals surface area contributed by atoms with Gasteiger partial charge < -0.3 is 0 Å². The number of Topliss-reactive ketones (excluding diaryl/α,β-unsaturated/α-hetero) is 1. The summed E-state index contributed by atoms with van der Waals surface area (Å²) in [5.41, 5.74) is 2.85. The molecule has 0 saturated heterocycles. The molecule has 0 aliphatic heterocycles. The summed E-state index contributed by atoms with van der Waals surface area (Å²) in [4.78, 5) is 12.3. The summed E-state index contributed by atoms with van der Waals surface area (Å²) in [5, 5.41) is 0. The molecule has 0 bridgehead atoms. The summed E-state index contributed by atoms with van der Waals surface area (Å²) < 4.78 is 1.03. The first kappa shape index (κ1) is 15.5. The predicted molar refractivity (Wildman–Crippen MR) is 91.8 cm³/mol. The summed E-state index contributed by atoms with van der Waals surface area (Å²) in [6.07, 6.45) is 3.87. The third-order valence-electron chi connectivity index (χ3n) is 3.39. The van der Waals surface area contributed by atoms with Crippen molar-refractivity contribution in [1.29, 1.82) is 0 Å². The van der Waals surface area contributed by atoms with E-state index in [1.165, 1.54) is 0 Å². The van der Waals surface area contributed by atoms with Crippen LogP contribution in [0.3, 0.4) is 0 Å². The Balaban J connectivity index is 2.47. The third kappa shape index (κ3) is 3.59. The first-order valence-corrected chi connectivity index (χ1v) is 7.57. The second kappa shape index (κ2) is 7.19. The molecule has 0 fully saturated rings. The van der Waals surface area contributed by atoms with Gasteiger partial charge in [-0.05, 0) is 23.3 Å². The Morgan fingerprint density at radius 3 is 2.38 bits per heavy atom. The number of benzene rings is 2. The average molecular weight is 341 g/mol. The van der Waals surface area contributed by atoms with Gasteiger partial charge in [-0.25, -0.2) is 0 Å². The second-order valence-corrected chi connectivity index (χ2v) is 5.68. The molecule has 1 nitrogen and oxygen atoms in total. The quantitative estimate of drug-likeness (QED) is 0.499. The van der Waals surface area contributed by atoms with Gasteiger partial charge in [0.05, 0.1) is 0 Å². The summed E-state index contributed by atoms with van der Waals surface area (Å²) in [6, 6.07) is 15.8. The SMILES string of the molecule is C=CCC(=O)c1ccccc1C(C=C)c1ccc(Br)cc1. The fourth-order valence-electron chi connectivity index (χ4n) is 2.38. The molecule has 1 unspecified atom stereocenters. The first-order valence-electron chi connectivity index (χ1n) is 6.78. The lowest BCUT2D eigenvalue weighted by atomic mass is 9.86. The van der Waals surface area contributed by atoms with Crippen molar-refractivity contribution in [3.63, 3.8) is 0 Å². The fourth-order valence-corrected chi connectivity index (χ4v) is 2.64. The maximum absolute atomic E-state index is 12.3. The number of hydrogen-bond donors (Lipinski definition) is 0. The van der Waals surface area contributed by atoms with Gasteiger partial charge in [-0.2, -0.15) is 0 Å². The van der Waals surface area contributed by atoms with E-state index >= 15 is 0 Å². The Kier molecular flexibility index (Phi) is 5.29. The number of carbonyl (C=O) groups is 1. The van der Waals surface area contributed by atoms with Gasteiger partial charge in [-0.15, -0.1) is 13.2 Å². The van der Waals surface area contributed by atoms with E-state index in [0.29, 0.717) is 6.42 Å². The Morgan fingerprint density at radius 2 is 1.76 bits per heavy atom.